The summed E-state index contributed by atoms with van der Waals surface area (Å²) in [7, 11) is 1.57. The van der Waals surface area contributed by atoms with Crippen molar-refractivity contribution in [1.82, 2.24) is 30.0 Å². The number of fused-ring (bicyclic) bond motifs is 2. The van der Waals surface area contributed by atoms with Gasteiger partial charge in [-0.05, 0) is 42.5 Å². The Morgan fingerprint density at radius 2 is 2.00 bits per heavy atom. The fourth-order valence-electron chi connectivity index (χ4n) is 3.58. The first kappa shape index (κ1) is 20.4. The van der Waals surface area contributed by atoms with Crippen LogP contribution >= 0.6 is 0 Å². The second kappa shape index (κ2) is 8.91. The summed E-state index contributed by atoms with van der Waals surface area (Å²) in [5.74, 6) is 0.905. The number of nitrogens with one attached hydrogen (secondary N) is 2. The number of carbonyl (C=O) groups excluding carboxylic acids is 1. The first-order chi connectivity index (χ1) is 16.2. The van der Waals surface area contributed by atoms with Crippen LogP contribution in [0.4, 0.5) is 11.5 Å². The van der Waals surface area contributed by atoms with Gasteiger partial charge in [-0.1, -0.05) is 12.1 Å². The molecule has 0 unspecified atom stereocenters. The molecule has 0 bridgehead atoms. The molecule has 3 aromatic heterocycles. The van der Waals surface area contributed by atoms with E-state index < -0.39 is 0 Å². The predicted octanol–water partition coefficient (Wildman–Crippen LogP) is 3.29. The smallest absolute Gasteiger partial charge is 0.257 e. The van der Waals surface area contributed by atoms with E-state index in [0.29, 0.717) is 29.0 Å². The number of likely N-dealkylation sites (N-methyl/N-ethyl adjacent to an activating group) is 1. The molecule has 0 atom stereocenters. The van der Waals surface area contributed by atoms with Crippen LogP contribution in [0.2, 0.25) is 0 Å². The fourth-order valence-corrected chi connectivity index (χ4v) is 3.58. The summed E-state index contributed by atoms with van der Waals surface area (Å²) in [5.41, 5.74) is 3.52. The second-order valence-electron chi connectivity index (χ2n) is 7.36. The van der Waals surface area contributed by atoms with Crippen LogP contribution in [0.1, 0.15) is 5.69 Å². The summed E-state index contributed by atoms with van der Waals surface area (Å²) in [6, 6.07) is 17.3. The molecule has 0 radical (unpaired) electrons. The molecule has 0 fully saturated rings. The number of amides is 1. The SMILES string of the molecule is CNC(=O)COc1cccc2ncnc(Nc3ccc4c(cnn4Cc4ccccn4)c3)c12. The minimum Gasteiger partial charge on any atom is -0.483 e. The Hall–Kier alpha value is -4.53. The Morgan fingerprint density at radius 1 is 1.06 bits per heavy atom. The normalized spacial score (nSPS) is 10.9. The van der Waals surface area contributed by atoms with Gasteiger partial charge in [-0.15, -0.1) is 0 Å². The molecule has 2 aromatic carbocycles. The number of hydrogen-bond donors (Lipinski definition) is 2. The van der Waals surface area contributed by atoms with Crippen LogP contribution in [0.15, 0.2) is 73.3 Å². The van der Waals surface area contributed by atoms with Gasteiger partial charge in [-0.25, -0.2) is 9.97 Å². The summed E-state index contributed by atoms with van der Waals surface area (Å²) < 4.78 is 7.65. The van der Waals surface area contributed by atoms with E-state index in [9.17, 15) is 4.79 Å². The Balaban J connectivity index is 1.44. The summed E-state index contributed by atoms with van der Waals surface area (Å²) in [4.78, 5) is 24.8. The van der Waals surface area contributed by atoms with Crippen molar-refractivity contribution in [2.24, 2.45) is 0 Å². The van der Waals surface area contributed by atoms with Crippen LogP contribution in [-0.2, 0) is 11.3 Å². The fraction of sp³-hybridized carbons (Fsp3) is 0.125. The minimum absolute atomic E-state index is 0.0919. The quantitative estimate of drug-likeness (QED) is 0.401. The lowest BCUT2D eigenvalue weighted by Crippen LogP contribution is -2.24. The largest absolute Gasteiger partial charge is 0.483 e. The molecule has 164 valence electrons. The number of carbonyl (C=O) groups is 1. The third-order valence-corrected chi connectivity index (χ3v) is 5.20. The standard InChI is InChI=1S/C24H21N7O2/c1-25-22(32)14-33-21-7-4-6-19-23(21)24(28-15-27-19)30-17-8-9-20-16(11-17)12-29-31(20)13-18-5-2-3-10-26-18/h2-12,15H,13-14H2,1H3,(H,25,32)(H,27,28,30). The Bertz CT molecular complexity index is 1430. The van der Waals surface area contributed by atoms with E-state index in [2.05, 4.69) is 30.7 Å². The molecule has 5 rings (SSSR count). The highest BCUT2D eigenvalue weighted by Gasteiger charge is 2.12. The number of rotatable bonds is 7. The van der Waals surface area contributed by atoms with Crippen molar-refractivity contribution in [3.8, 4) is 5.75 Å². The Morgan fingerprint density at radius 3 is 2.85 bits per heavy atom. The summed E-state index contributed by atoms with van der Waals surface area (Å²) in [5, 5.41) is 12.1. The highest BCUT2D eigenvalue weighted by atomic mass is 16.5. The Labute approximate surface area is 189 Å². The van der Waals surface area contributed by atoms with Crippen molar-refractivity contribution >= 4 is 39.2 Å². The van der Waals surface area contributed by atoms with Gasteiger partial charge in [0.1, 0.15) is 17.9 Å². The zero-order valence-corrected chi connectivity index (χ0v) is 17.9. The van der Waals surface area contributed by atoms with Crippen molar-refractivity contribution in [3.63, 3.8) is 0 Å². The summed E-state index contributed by atoms with van der Waals surface area (Å²) in [6.07, 6.45) is 5.11. The number of ether oxygens (including phenoxy) is 1. The average molecular weight is 439 g/mol. The number of pyridine rings is 1. The van der Waals surface area contributed by atoms with E-state index in [1.54, 1.807) is 19.3 Å². The molecule has 3 heterocycles. The molecule has 0 aliphatic rings. The van der Waals surface area contributed by atoms with Gasteiger partial charge in [0.25, 0.3) is 5.91 Å². The first-order valence-corrected chi connectivity index (χ1v) is 10.4. The van der Waals surface area contributed by atoms with Gasteiger partial charge < -0.3 is 15.4 Å². The minimum atomic E-state index is -0.216. The van der Waals surface area contributed by atoms with Gasteiger partial charge in [0, 0.05) is 24.3 Å². The molecular weight excluding hydrogens is 418 g/mol. The van der Waals surface area contributed by atoms with Crippen LogP contribution in [0.25, 0.3) is 21.8 Å². The van der Waals surface area contributed by atoms with Crippen LogP contribution in [0, 0.1) is 0 Å². The van der Waals surface area contributed by atoms with Crippen molar-refractivity contribution < 1.29 is 9.53 Å². The maximum Gasteiger partial charge on any atom is 0.257 e. The molecule has 0 aliphatic carbocycles. The average Bonchev–Trinajstić information content (AvgIpc) is 3.25. The van der Waals surface area contributed by atoms with Crippen LogP contribution in [-0.4, -0.2) is 44.3 Å². The van der Waals surface area contributed by atoms with Gasteiger partial charge in [0.2, 0.25) is 0 Å². The molecule has 0 saturated carbocycles. The van der Waals surface area contributed by atoms with Crippen LogP contribution in [0.3, 0.4) is 0 Å². The van der Waals surface area contributed by atoms with E-state index >= 15 is 0 Å². The molecule has 0 aliphatic heterocycles. The lowest BCUT2D eigenvalue weighted by molar-refractivity contribution is -0.122. The highest BCUT2D eigenvalue weighted by Crippen LogP contribution is 2.32. The molecule has 5 aromatic rings. The molecule has 33 heavy (non-hydrogen) atoms. The van der Waals surface area contributed by atoms with Crippen LogP contribution < -0.4 is 15.4 Å². The molecule has 0 saturated heterocycles. The third-order valence-electron chi connectivity index (χ3n) is 5.20. The molecule has 9 heteroatoms. The van der Waals surface area contributed by atoms with Gasteiger partial charge in [0.05, 0.1) is 34.9 Å². The van der Waals surface area contributed by atoms with E-state index in [-0.39, 0.29) is 12.5 Å². The molecule has 1 amide bonds. The second-order valence-corrected chi connectivity index (χ2v) is 7.36. The molecular formula is C24H21N7O2. The lowest BCUT2D eigenvalue weighted by Gasteiger charge is -2.13. The van der Waals surface area contributed by atoms with Crippen LogP contribution in [0.5, 0.6) is 5.75 Å². The van der Waals surface area contributed by atoms with E-state index in [0.717, 1.165) is 22.3 Å². The number of anilines is 2. The number of nitrogens with zero attached hydrogens (tertiary/aromatic N) is 5. The van der Waals surface area contributed by atoms with E-state index in [1.807, 2.05) is 59.4 Å². The van der Waals surface area contributed by atoms with Gasteiger partial charge in [-0.3, -0.25) is 14.5 Å². The third kappa shape index (κ3) is 4.29. The molecule has 9 nitrogen and oxygen atoms in total. The van der Waals surface area contributed by atoms with Crippen molar-refractivity contribution in [3.05, 3.63) is 79.0 Å². The maximum atomic E-state index is 11.6. The lowest BCUT2D eigenvalue weighted by atomic mass is 10.2. The zero-order valence-electron chi connectivity index (χ0n) is 17.9. The van der Waals surface area contributed by atoms with Crippen molar-refractivity contribution in [2.75, 3.05) is 19.0 Å². The monoisotopic (exact) mass is 439 g/mol. The van der Waals surface area contributed by atoms with Gasteiger partial charge in [-0.2, -0.15) is 5.10 Å². The maximum absolute atomic E-state index is 11.6. The van der Waals surface area contributed by atoms with Gasteiger partial charge in [0.15, 0.2) is 6.61 Å². The molecule has 0 spiro atoms. The Kier molecular flexibility index (Phi) is 5.50. The number of hydrogen-bond acceptors (Lipinski definition) is 7. The van der Waals surface area contributed by atoms with Gasteiger partial charge >= 0.3 is 0 Å². The van der Waals surface area contributed by atoms with Crippen molar-refractivity contribution in [1.29, 1.82) is 0 Å². The first-order valence-electron chi connectivity index (χ1n) is 10.4. The summed E-state index contributed by atoms with van der Waals surface area (Å²) >= 11 is 0. The van der Waals surface area contributed by atoms with Crippen molar-refractivity contribution in [2.45, 2.75) is 6.54 Å². The zero-order chi connectivity index (χ0) is 22.6. The topological polar surface area (TPSA) is 107 Å². The number of benzene rings is 2. The van der Waals surface area contributed by atoms with E-state index in [4.69, 9.17) is 4.74 Å². The number of aromatic nitrogens is 5. The summed E-state index contributed by atoms with van der Waals surface area (Å²) in [6.45, 7) is 0.505. The highest BCUT2D eigenvalue weighted by molar-refractivity contribution is 5.96. The van der Waals surface area contributed by atoms with E-state index in [1.165, 1.54) is 6.33 Å². The predicted molar refractivity (Wildman–Crippen MR) is 125 cm³/mol. The molecule has 2 N–H and O–H groups in total.